The van der Waals surface area contributed by atoms with Crippen molar-refractivity contribution in [2.24, 2.45) is 5.92 Å². The van der Waals surface area contributed by atoms with Gasteiger partial charge in [-0.15, -0.1) is 0 Å². The molecule has 1 N–H and O–H groups in total. The predicted octanol–water partition coefficient (Wildman–Crippen LogP) is 2.97. The molecule has 21 heavy (non-hydrogen) atoms. The van der Waals surface area contributed by atoms with Crippen molar-refractivity contribution in [3.8, 4) is 0 Å². The molecule has 114 valence electrons. The summed E-state index contributed by atoms with van der Waals surface area (Å²) < 4.78 is 0. The van der Waals surface area contributed by atoms with E-state index in [4.69, 9.17) is 4.98 Å². The molecule has 0 saturated heterocycles. The summed E-state index contributed by atoms with van der Waals surface area (Å²) in [5.41, 5.74) is 2.38. The Hall–Kier alpha value is -1.07. The monoisotopic (exact) mass is 305 g/mol. The Kier molecular flexibility index (Phi) is 4.50. The van der Waals surface area contributed by atoms with Gasteiger partial charge in [0.15, 0.2) is 5.16 Å². The summed E-state index contributed by atoms with van der Waals surface area (Å²) in [4.78, 5) is 11.6. The molecule has 5 heteroatoms. The van der Waals surface area contributed by atoms with Crippen LogP contribution in [0.4, 0.5) is 5.82 Å². The number of anilines is 1. The Balaban J connectivity index is 1.98. The van der Waals surface area contributed by atoms with E-state index in [-0.39, 0.29) is 6.61 Å². The number of aromatic nitrogens is 2. The first-order chi connectivity index (χ1) is 10.2. The van der Waals surface area contributed by atoms with Crippen LogP contribution in [0.15, 0.2) is 16.9 Å². The van der Waals surface area contributed by atoms with Crippen molar-refractivity contribution in [2.45, 2.75) is 43.8 Å². The minimum absolute atomic E-state index is 0.207. The van der Waals surface area contributed by atoms with Crippen LogP contribution >= 0.6 is 11.8 Å². The van der Waals surface area contributed by atoms with E-state index >= 15 is 0 Å². The summed E-state index contributed by atoms with van der Waals surface area (Å²) in [5.74, 6) is 1.79. The smallest absolute Gasteiger partial charge is 0.189 e. The number of rotatable bonds is 4. The Morgan fingerprint density at radius 3 is 2.95 bits per heavy atom. The molecule has 1 saturated carbocycles. The molecule has 1 aliphatic carbocycles. The molecular weight excluding hydrogens is 282 g/mol. The molecule has 1 aromatic heterocycles. The molecule has 1 aliphatic heterocycles. The summed E-state index contributed by atoms with van der Waals surface area (Å²) in [6.07, 6.45) is 10.7. The Morgan fingerprint density at radius 1 is 1.43 bits per heavy atom. The van der Waals surface area contributed by atoms with E-state index in [9.17, 15) is 5.11 Å². The molecule has 2 heterocycles. The van der Waals surface area contributed by atoms with E-state index in [1.807, 2.05) is 12.5 Å². The van der Waals surface area contributed by atoms with E-state index in [1.165, 1.54) is 24.8 Å². The quantitative estimate of drug-likeness (QED) is 0.684. The molecule has 0 unspecified atom stereocenters. The van der Waals surface area contributed by atoms with E-state index < -0.39 is 0 Å². The minimum Gasteiger partial charge on any atom is -0.396 e. The van der Waals surface area contributed by atoms with Crippen LogP contribution in [0.5, 0.6) is 0 Å². The van der Waals surface area contributed by atoms with Gasteiger partial charge >= 0.3 is 0 Å². The van der Waals surface area contributed by atoms with E-state index in [0.717, 1.165) is 29.5 Å². The van der Waals surface area contributed by atoms with Crippen LogP contribution in [0.1, 0.15) is 38.2 Å². The topological polar surface area (TPSA) is 49.2 Å². The van der Waals surface area contributed by atoms with Crippen LogP contribution in [-0.4, -0.2) is 40.5 Å². The molecule has 0 aromatic carbocycles. The maximum atomic E-state index is 9.26. The van der Waals surface area contributed by atoms with Crippen LogP contribution in [0.3, 0.4) is 0 Å². The molecule has 4 nitrogen and oxygen atoms in total. The van der Waals surface area contributed by atoms with Crippen LogP contribution < -0.4 is 4.90 Å². The largest absolute Gasteiger partial charge is 0.396 e. The van der Waals surface area contributed by atoms with Gasteiger partial charge in [0.2, 0.25) is 0 Å². The van der Waals surface area contributed by atoms with Crippen LogP contribution in [0, 0.1) is 5.92 Å². The standard InChI is InChI=1S/C16H23N3OS/c1-11-4-3-5-14(11)19-10-12(6-7-20)8-13-9-17-16(21-2)18-15(13)19/h8-9,11,14,20H,3-7,10H2,1-2H3/t11-,14+/m0/s1. The van der Waals surface area contributed by atoms with Crippen molar-refractivity contribution in [1.82, 2.24) is 9.97 Å². The van der Waals surface area contributed by atoms with Crippen molar-refractivity contribution in [2.75, 3.05) is 24.3 Å². The molecule has 2 aliphatic rings. The zero-order valence-corrected chi connectivity index (χ0v) is 13.6. The first-order valence-electron chi connectivity index (χ1n) is 7.71. The SMILES string of the molecule is CSc1ncc2c(n1)N([C@@H]1CCC[C@@H]1C)CC(CCO)=C2. The number of aliphatic hydroxyl groups excluding tert-OH is 1. The molecule has 1 aromatic rings. The van der Waals surface area contributed by atoms with E-state index in [1.54, 1.807) is 11.8 Å². The lowest BCUT2D eigenvalue weighted by atomic mass is 9.98. The lowest BCUT2D eigenvalue weighted by Crippen LogP contribution is -2.41. The van der Waals surface area contributed by atoms with Crippen LogP contribution in [0.2, 0.25) is 0 Å². The van der Waals surface area contributed by atoms with Gasteiger partial charge in [-0.25, -0.2) is 9.97 Å². The van der Waals surface area contributed by atoms with Crippen molar-refractivity contribution >= 4 is 23.7 Å². The van der Waals surface area contributed by atoms with Gasteiger partial charge in [0.1, 0.15) is 5.82 Å². The highest BCUT2D eigenvalue weighted by molar-refractivity contribution is 7.98. The highest BCUT2D eigenvalue weighted by Crippen LogP contribution is 2.37. The summed E-state index contributed by atoms with van der Waals surface area (Å²) >= 11 is 1.59. The van der Waals surface area contributed by atoms with Gasteiger partial charge < -0.3 is 10.0 Å². The maximum absolute atomic E-state index is 9.26. The van der Waals surface area contributed by atoms with Gasteiger partial charge in [0.05, 0.1) is 0 Å². The number of nitrogens with zero attached hydrogens (tertiary/aromatic N) is 3. The van der Waals surface area contributed by atoms with Crippen LogP contribution in [-0.2, 0) is 0 Å². The first kappa shape index (κ1) is 14.9. The van der Waals surface area contributed by atoms with Gasteiger partial charge in [0.25, 0.3) is 0 Å². The number of thioether (sulfide) groups is 1. The number of fused-ring (bicyclic) bond motifs is 1. The second-order valence-corrected chi connectivity index (χ2v) is 6.79. The van der Waals surface area contributed by atoms with Gasteiger partial charge in [-0.2, -0.15) is 0 Å². The fourth-order valence-electron chi connectivity index (χ4n) is 3.51. The maximum Gasteiger partial charge on any atom is 0.189 e. The average molecular weight is 305 g/mol. The predicted molar refractivity (Wildman–Crippen MR) is 87.6 cm³/mol. The lowest BCUT2D eigenvalue weighted by molar-refractivity contribution is 0.298. The molecule has 0 spiro atoms. The number of hydrogen-bond donors (Lipinski definition) is 1. The zero-order chi connectivity index (χ0) is 14.8. The van der Waals surface area contributed by atoms with Crippen molar-refractivity contribution in [3.05, 3.63) is 17.3 Å². The fraction of sp³-hybridized carbons (Fsp3) is 0.625. The number of aliphatic hydroxyl groups is 1. The second-order valence-electron chi connectivity index (χ2n) is 6.02. The fourth-order valence-corrected chi connectivity index (χ4v) is 3.85. The molecule has 3 rings (SSSR count). The lowest BCUT2D eigenvalue weighted by Gasteiger charge is -2.37. The summed E-state index contributed by atoms with van der Waals surface area (Å²) in [5, 5.41) is 10.1. The van der Waals surface area contributed by atoms with E-state index in [2.05, 4.69) is 22.9 Å². The first-order valence-corrected chi connectivity index (χ1v) is 8.93. The highest BCUT2D eigenvalue weighted by Gasteiger charge is 2.33. The second kappa shape index (κ2) is 6.36. The van der Waals surface area contributed by atoms with Gasteiger partial charge in [-0.05, 0) is 43.1 Å². The Labute approximate surface area is 130 Å². The van der Waals surface area contributed by atoms with Gasteiger partial charge in [-0.1, -0.05) is 25.1 Å². The molecule has 0 radical (unpaired) electrons. The van der Waals surface area contributed by atoms with Crippen molar-refractivity contribution in [3.63, 3.8) is 0 Å². The Morgan fingerprint density at radius 2 is 2.29 bits per heavy atom. The molecule has 2 atom stereocenters. The molecule has 0 bridgehead atoms. The third-order valence-electron chi connectivity index (χ3n) is 4.61. The Bertz CT molecular complexity index is 546. The number of hydrogen-bond acceptors (Lipinski definition) is 5. The minimum atomic E-state index is 0.207. The normalized spacial score (nSPS) is 24.9. The van der Waals surface area contributed by atoms with Crippen LogP contribution in [0.25, 0.3) is 6.08 Å². The molecule has 1 fully saturated rings. The highest BCUT2D eigenvalue weighted by atomic mass is 32.2. The molecule has 0 amide bonds. The summed E-state index contributed by atoms with van der Waals surface area (Å²) in [6.45, 7) is 3.45. The average Bonchev–Trinajstić information content (AvgIpc) is 2.92. The van der Waals surface area contributed by atoms with Crippen molar-refractivity contribution in [1.29, 1.82) is 0 Å². The zero-order valence-electron chi connectivity index (χ0n) is 12.7. The van der Waals surface area contributed by atoms with E-state index in [0.29, 0.717) is 12.0 Å². The van der Waals surface area contributed by atoms with Crippen molar-refractivity contribution < 1.29 is 5.11 Å². The van der Waals surface area contributed by atoms with Gasteiger partial charge in [0, 0.05) is 31.0 Å². The third-order valence-corrected chi connectivity index (χ3v) is 5.17. The summed E-state index contributed by atoms with van der Waals surface area (Å²) in [6, 6.07) is 0.566. The van der Waals surface area contributed by atoms with Gasteiger partial charge in [-0.3, -0.25) is 0 Å². The third kappa shape index (κ3) is 2.94. The molecular formula is C16H23N3OS. The summed E-state index contributed by atoms with van der Waals surface area (Å²) in [7, 11) is 0.